The molecule has 0 aliphatic rings. The van der Waals surface area contributed by atoms with Crippen molar-refractivity contribution in [2.45, 2.75) is 17.3 Å². The normalized spacial score (nSPS) is 11.5. The van der Waals surface area contributed by atoms with E-state index in [0.717, 1.165) is 11.1 Å². The number of thioether (sulfide) groups is 1. The van der Waals surface area contributed by atoms with Crippen LogP contribution in [0.5, 0.6) is 0 Å². The Balaban J connectivity index is 1.55. The lowest BCUT2D eigenvalue weighted by molar-refractivity contribution is -0.384. The van der Waals surface area contributed by atoms with Crippen LogP contribution in [0.4, 0.5) is 11.4 Å². The lowest BCUT2D eigenvalue weighted by atomic mass is 10.0. The molecular weight excluding hydrogens is 438 g/mol. The Morgan fingerprint density at radius 1 is 0.879 bits per heavy atom. The number of carbonyl (C=O) groups excluding carboxylic acids is 1. The van der Waals surface area contributed by atoms with Crippen LogP contribution in [0.25, 0.3) is 22.5 Å². The number of nitro benzene ring substituents is 1. The Labute approximate surface area is 194 Å². The average molecular weight is 458 g/mol. The molecule has 0 bridgehead atoms. The molecule has 1 unspecified atom stereocenters. The quantitative estimate of drug-likeness (QED) is 0.230. The van der Waals surface area contributed by atoms with Crippen molar-refractivity contribution in [2.24, 2.45) is 0 Å². The smallest absolute Gasteiger partial charge is 0.269 e. The fraction of sp³-hybridized carbons (Fsp3) is 0.0833. The molecule has 1 N–H and O–H groups in total. The van der Waals surface area contributed by atoms with Crippen LogP contribution in [0, 0.1) is 10.1 Å². The zero-order chi connectivity index (χ0) is 23.2. The molecule has 33 heavy (non-hydrogen) atoms. The van der Waals surface area contributed by atoms with E-state index in [1.165, 1.54) is 36.0 Å². The summed E-state index contributed by atoms with van der Waals surface area (Å²) >= 11 is 1.19. The number of hydrogen-bond donors (Lipinski definition) is 1. The van der Waals surface area contributed by atoms with Gasteiger partial charge in [0.05, 0.1) is 10.2 Å². The van der Waals surface area contributed by atoms with Crippen LogP contribution in [0.3, 0.4) is 0 Å². The van der Waals surface area contributed by atoms with E-state index >= 15 is 0 Å². The van der Waals surface area contributed by atoms with Gasteiger partial charge in [-0.25, -0.2) is 4.98 Å². The molecule has 1 heterocycles. The van der Waals surface area contributed by atoms with Crippen LogP contribution in [-0.4, -0.2) is 31.3 Å². The molecule has 0 saturated carbocycles. The van der Waals surface area contributed by atoms with Gasteiger partial charge in [-0.05, 0) is 19.1 Å². The van der Waals surface area contributed by atoms with E-state index in [4.69, 9.17) is 4.98 Å². The second-order valence-corrected chi connectivity index (χ2v) is 8.38. The zero-order valence-corrected chi connectivity index (χ0v) is 18.4. The zero-order valence-electron chi connectivity index (χ0n) is 17.6. The number of anilines is 1. The number of benzene rings is 3. The van der Waals surface area contributed by atoms with Gasteiger partial charge in [0.1, 0.15) is 11.4 Å². The minimum absolute atomic E-state index is 0.0400. The highest BCUT2D eigenvalue weighted by molar-refractivity contribution is 8.00. The lowest BCUT2D eigenvalue weighted by Gasteiger charge is -2.13. The molecule has 4 rings (SSSR count). The van der Waals surface area contributed by atoms with E-state index in [0.29, 0.717) is 22.2 Å². The van der Waals surface area contributed by atoms with Gasteiger partial charge >= 0.3 is 0 Å². The molecule has 0 spiro atoms. The van der Waals surface area contributed by atoms with Gasteiger partial charge in [0.15, 0.2) is 0 Å². The van der Waals surface area contributed by atoms with Crippen molar-refractivity contribution in [1.82, 2.24) is 15.2 Å². The van der Waals surface area contributed by atoms with Gasteiger partial charge in [0.2, 0.25) is 11.1 Å². The van der Waals surface area contributed by atoms with Crippen molar-refractivity contribution in [3.63, 3.8) is 0 Å². The van der Waals surface area contributed by atoms with Crippen molar-refractivity contribution < 1.29 is 9.72 Å². The summed E-state index contributed by atoms with van der Waals surface area (Å²) < 4.78 is 0. The van der Waals surface area contributed by atoms with Crippen LogP contribution in [0.1, 0.15) is 6.92 Å². The lowest BCUT2D eigenvalue weighted by Crippen LogP contribution is -2.22. The number of non-ortho nitro benzene ring substituents is 1. The third-order valence-corrected chi connectivity index (χ3v) is 5.71. The predicted octanol–water partition coefficient (Wildman–Crippen LogP) is 5.23. The Morgan fingerprint density at radius 2 is 1.45 bits per heavy atom. The average Bonchev–Trinajstić information content (AvgIpc) is 2.85. The first-order valence-electron chi connectivity index (χ1n) is 10.1. The van der Waals surface area contributed by atoms with Crippen molar-refractivity contribution in [3.8, 4) is 22.5 Å². The second-order valence-electron chi connectivity index (χ2n) is 7.08. The molecule has 1 atom stereocenters. The van der Waals surface area contributed by atoms with Crippen molar-refractivity contribution >= 4 is 29.0 Å². The number of aromatic nitrogens is 3. The Morgan fingerprint density at radius 3 is 2.03 bits per heavy atom. The Hall–Kier alpha value is -4.11. The minimum atomic E-state index is -0.520. The maximum Gasteiger partial charge on any atom is 0.269 e. The van der Waals surface area contributed by atoms with Crippen LogP contribution >= 0.6 is 11.8 Å². The van der Waals surface area contributed by atoms with Gasteiger partial charge in [0, 0.05) is 28.9 Å². The van der Waals surface area contributed by atoms with Crippen molar-refractivity contribution in [2.75, 3.05) is 5.32 Å². The molecule has 0 aliphatic carbocycles. The molecule has 3 aromatic carbocycles. The maximum atomic E-state index is 12.6. The molecule has 8 nitrogen and oxygen atoms in total. The Kier molecular flexibility index (Phi) is 6.70. The van der Waals surface area contributed by atoms with Gasteiger partial charge in [0.25, 0.3) is 5.69 Å². The molecule has 164 valence electrons. The van der Waals surface area contributed by atoms with Gasteiger partial charge in [-0.2, -0.15) is 0 Å². The standard InChI is InChI=1S/C24H19N5O3S/c1-16(23(30)25-19-12-14-20(15-13-19)29(31)32)33-24-26-21(17-8-4-2-5-9-17)22(27-28-24)18-10-6-3-7-11-18/h2-16H,1H3,(H,25,30). The van der Waals surface area contributed by atoms with E-state index < -0.39 is 10.2 Å². The molecule has 9 heteroatoms. The first-order chi connectivity index (χ1) is 16.0. The number of nitrogens with zero attached hydrogens (tertiary/aromatic N) is 4. The molecule has 1 amide bonds. The van der Waals surface area contributed by atoms with E-state index in [-0.39, 0.29) is 11.6 Å². The largest absolute Gasteiger partial charge is 0.325 e. The monoisotopic (exact) mass is 457 g/mol. The van der Waals surface area contributed by atoms with Gasteiger partial charge in [-0.1, -0.05) is 72.4 Å². The minimum Gasteiger partial charge on any atom is -0.325 e. The van der Waals surface area contributed by atoms with Gasteiger partial charge in [-0.3, -0.25) is 14.9 Å². The Bertz CT molecular complexity index is 1270. The second kappa shape index (κ2) is 10.0. The van der Waals surface area contributed by atoms with Gasteiger partial charge in [-0.15, -0.1) is 10.2 Å². The molecule has 0 aliphatic heterocycles. The topological polar surface area (TPSA) is 111 Å². The summed E-state index contributed by atoms with van der Waals surface area (Å²) in [5.74, 6) is -0.272. The van der Waals surface area contributed by atoms with Crippen LogP contribution in [-0.2, 0) is 4.79 Å². The van der Waals surface area contributed by atoms with Gasteiger partial charge < -0.3 is 5.32 Å². The molecule has 0 fully saturated rings. The van der Waals surface area contributed by atoms with Crippen molar-refractivity contribution in [1.29, 1.82) is 0 Å². The number of hydrogen-bond acceptors (Lipinski definition) is 7. The summed E-state index contributed by atoms with van der Waals surface area (Å²) in [6.07, 6.45) is 0. The number of nitro groups is 1. The highest BCUT2D eigenvalue weighted by Gasteiger charge is 2.19. The number of carbonyl (C=O) groups is 1. The number of rotatable bonds is 7. The van der Waals surface area contributed by atoms with E-state index in [9.17, 15) is 14.9 Å². The summed E-state index contributed by atoms with van der Waals surface area (Å²) in [5, 5.41) is 22.1. The van der Waals surface area contributed by atoms with Crippen LogP contribution in [0.15, 0.2) is 90.1 Å². The highest BCUT2D eigenvalue weighted by atomic mass is 32.2. The van der Waals surface area contributed by atoms with E-state index in [2.05, 4.69) is 15.5 Å². The fourth-order valence-corrected chi connectivity index (χ4v) is 3.78. The fourth-order valence-electron chi connectivity index (χ4n) is 3.07. The van der Waals surface area contributed by atoms with Crippen LogP contribution < -0.4 is 5.32 Å². The predicted molar refractivity (Wildman–Crippen MR) is 128 cm³/mol. The molecule has 0 saturated heterocycles. The van der Waals surface area contributed by atoms with Crippen LogP contribution in [0.2, 0.25) is 0 Å². The highest BCUT2D eigenvalue weighted by Crippen LogP contribution is 2.30. The molecule has 0 radical (unpaired) electrons. The summed E-state index contributed by atoms with van der Waals surface area (Å²) in [5.41, 5.74) is 3.58. The third-order valence-electron chi connectivity index (χ3n) is 4.76. The summed E-state index contributed by atoms with van der Waals surface area (Å²) in [4.78, 5) is 27.6. The summed E-state index contributed by atoms with van der Waals surface area (Å²) in [7, 11) is 0. The molecule has 4 aromatic rings. The first kappa shape index (κ1) is 22.1. The number of amides is 1. The third kappa shape index (κ3) is 5.39. The SMILES string of the molecule is CC(Sc1nnc(-c2ccccc2)c(-c2ccccc2)n1)C(=O)Nc1ccc([N+](=O)[O-])cc1. The number of nitrogens with one attached hydrogen (secondary N) is 1. The molecule has 1 aromatic heterocycles. The van der Waals surface area contributed by atoms with E-state index in [1.54, 1.807) is 6.92 Å². The van der Waals surface area contributed by atoms with Crippen molar-refractivity contribution in [3.05, 3.63) is 95.0 Å². The summed E-state index contributed by atoms with van der Waals surface area (Å²) in [6, 6.07) is 25.1. The maximum absolute atomic E-state index is 12.6. The van der Waals surface area contributed by atoms with E-state index in [1.807, 2.05) is 60.7 Å². The first-order valence-corrected chi connectivity index (χ1v) is 11.0. The molecular formula is C24H19N5O3S. The summed E-state index contributed by atoms with van der Waals surface area (Å²) in [6.45, 7) is 1.74.